The molecule has 146 valence electrons. The van der Waals surface area contributed by atoms with E-state index < -0.39 is 5.97 Å². The molecule has 0 aliphatic heterocycles. The number of thiophene rings is 1. The molecule has 0 amide bonds. The maximum Gasteiger partial charge on any atom is 0.343 e. The highest BCUT2D eigenvalue weighted by atomic mass is 35.5. The molecule has 3 rings (SSSR count). The molecule has 0 aliphatic carbocycles. The van der Waals surface area contributed by atoms with Crippen LogP contribution >= 0.6 is 22.9 Å². The molecular weight excluding hydrogens is 396 g/mol. The second kappa shape index (κ2) is 9.17. The van der Waals surface area contributed by atoms with Gasteiger partial charge in [0.1, 0.15) is 10.7 Å². The molecule has 0 saturated heterocycles. The van der Waals surface area contributed by atoms with Crippen LogP contribution < -0.4 is 0 Å². The molecule has 0 saturated carbocycles. The largest absolute Gasteiger partial charge is 0.462 e. The lowest BCUT2D eigenvalue weighted by molar-refractivity contribution is 0.0493. The molecule has 0 bridgehead atoms. The molecule has 0 unspecified atom stereocenters. The molecule has 0 N–H and O–H groups in total. The van der Waals surface area contributed by atoms with E-state index in [2.05, 4.69) is 5.10 Å². The standard InChI is InChI=1S/C21H21ClN2O3S/c1-14-7-9-16(10-8-14)13-24-20(22)19(15(2)23-24)21(26)27-11-3-5-17(25)18-6-4-12-28-18/h4,6-10,12H,3,5,11,13H2,1-2H3. The van der Waals surface area contributed by atoms with Crippen molar-refractivity contribution in [1.82, 2.24) is 9.78 Å². The quantitative estimate of drug-likeness (QED) is 0.292. The van der Waals surface area contributed by atoms with Gasteiger partial charge < -0.3 is 4.74 Å². The second-order valence-electron chi connectivity index (χ2n) is 6.53. The van der Waals surface area contributed by atoms with Gasteiger partial charge in [-0.05, 0) is 37.3 Å². The van der Waals surface area contributed by atoms with Gasteiger partial charge in [0, 0.05) is 6.42 Å². The fourth-order valence-electron chi connectivity index (χ4n) is 2.79. The van der Waals surface area contributed by atoms with Crippen molar-refractivity contribution in [3.8, 4) is 0 Å². The summed E-state index contributed by atoms with van der Waals surface area (Å²) in [6, 6.07) is 11.7. The Hall–Kier alpha value is -2.44. The van der Waals surface area contributed by atoms with Gasteiger partial charge in [-0.25, -0.2) is 9.48 Å². The van der Waals surface area contributed by atoms with Gasteiger partial charge in [0.15, 0.2) is 5.78 Å². The first kappa shape index (κ1) is 20.3. The van der Waals surface area contributed by atoms with E-state index in [9.17, 15) is 9.59 Å². The zero-order chi connectivity index (χ0) is 20.1. The molecule has 0 fully saturated rings. The predicted molar refractivity (Wildman–Crippen MR) is 110 cm³/mol. The summed E-state index contributed by atoms with van der Waals surface area (Å²) in [5, 5.41) is 6.50. The maximum atomic E-state index is 12.4. The lowest BCUT2D eigenvalue weighted by Gasteiger charge is -2.06. The van der Waals surface area contributed by atoms with Crippen molar-refractivity contribution >= 4 is 34.7 Å². The lowest BCUT2D eigenvalue weighted by Crippen LogP contribution is -2.09. The Morgan fingerprint density at radius 1 is 1.18 bits per heavy atom. The minimum absolute atomic E-state index is 0.0613. The Balaban J connectivity index is 1.56. The summed E-state index contributed by atoms with van der Waals surface area (Å²) in [4.78, 5) is 25.1. The maximum absolute atomic E-state index is 12.4. The summed E-state index contributed by atoms with van der Waals surface area (Å²) in [6.07, 6.45) is 0.809. The van der Waals surface area contributed by atoms with Crippen LogP contribution in [-0.4, -0.2) is 28.1 Å². The van der Waals surface area contributed by atoms with Gasteiger partial charge in [0.05, 0.1) is 23.7 Å². The number of halogens is 1. The van der Waals surface area contributed by atoms with Crippen LogP contribution in [0.1, 0.15) is 49.7 Å². The van der Waals surface area contributed by atoms with Gasteiger partial charge in [0.2, 0.25) is 0 Å². The molecule has 1 aromatic carbocycles. The fraction of sp³-hybridized carbons (Fsp3) is 0.286. The Bertz CT molecular complexity index is 962. The molecule has 3 aromatic rings. The third-order valence-corrected chi connectivity index (χ3v) is 5.59. The van der Waals surface area contributed by atoms with E-state index in [0.29, 0.717) is 25.1 Å². The molecule has 2 aromatic heterocycles. The number of hydrogen-bond acceptors (Lipinski definition) is 5. The Morgan fingerprint density at radius 2 is 1.93 bits per heavy atom. The average Bonchev–Trinajstić information content (AvgIpc) is 3.29. The summed E-state index contributed by atoms with van der Waals surface area (Å²) in [5.41, 5.74) is 3.02. The second-order valence-corrected chi connectivity index (χ2v) is 7.84. The van der Waals surface area contributed by atoms with Gasteiger partial charge in [-0.1, -0.05) is 47.5 Å². The Labute approximate surface area is 172 Å². The number of ketones is 1. The third kappa shape index (κ3) is 4.88. The van der Waals surface area contributed by atoms with Crippen LogP contribution in [0, 0.1) is 13.8 Å². The fourth-order valence-corrected chi connectivity index (χ4v) is 3.79. The first-order chi connectivity index (χ1) is 13.5. The molecule has 5 nitrogen and oxygen atoms in total. The van der Waals surface area contributed by atoms with E-state index >= 15 is 0 Å². The number of nitrogens with zero attached hydrogens (tertiary/aromatic N) is 2. The minimum atomic E-state index is -0.513. The number of hydrogen-bond donors (Lipinski definition) is 0. The van der Waals surface area contributed by atoms with Gasteiger partial charge in [-0.3, -0.25) is 4.79 Å². The monoisotopic (exact) mass is 416 g/mol. The van der Waals surface area contributed by atoms with Gasteiger partial charge in [-0.15, -0.1) is 11.3 Å². The van der Waals surface area contributed by atoms with Crippen LogP contribution in [-0.2, 0) is 11.3 Å². The van der Waals surface area contributed by atoms with Crippen molar-refractivity contribution in [3.05, 3.63) is 74.2 Å². The van der Waals surface area contributed by atoms with Gasteiger partial charge in [0.25, 0.3) is 0 Å². The SMILES string of the molecule is Cc1ccc(Cn2nc(C)c(C(=O)OCCCC(=O)c3cccs3)c2Cl)cc1. The van der Waals surface area contributed by atoms with E-state index in [0.717, 1.165) is 10.4 Å². The molecule has 2 heterocycles. The van der Waals surface area contributed by atoms with Gasteiger partial charge in [-0.2, -0.15) is 5.10 Å². The number of Topliss-reactive ketones (excluding diaryl/α,β-unsaturated/α-hetero) is 1. The van der Waals surface area contributed by atoms with Crippen LogP contribution in [0.4, 0.5) is 0 Å². The molecule has 0 radical (unpaired) electrons. The first-order valence-corrected chi connectivity index (χ1v) is 10.2. The number of aromatic nitrogens is 2. The molecule has 28 heavy (non-hydrogen) atoms. The van der Waals surface area contributed by atoms with Crippen molar-refractivity contribution in [2.45, 2.75) is 33.2 Å². The van der Waals surface area contributed by atoms with Crippen molar-refractivity contribution in [1.29, 1.82) is 0 Å². The molecular formula is C21H21ClN2O3S. The van der Waals surface area contributed by atoms with Crippen molar-refractivity contribution in [3.63, 3.8) is 0 Å². The van der Waals surface area contributed by atoms with Crippen LogP contribution in [0.15, 0.2) is 41.8 Å². The van der Waals surface area contributed by atoms with E-state index in [1.54, 1.807) is 17.7 Å². The van der Waals surface area contributed by atoms with E-state index in [-0.39, 0.29) is 23.1 Å². The summed E-state index contributed by atoms with van der Waals surface area (Å²) in [5.74, 6) is -0.451. The van der Waals surface area contributed by atoms with E-state index in [1.165, 1.54) is 16.9 Å². The summed E-state index contributed by atoms with van der Waals surface area (Å²) in [7, 11) is 0. The highest BCUT2D eigenvalue weighted by Crippen LogP contribution is 2.22. The summed E-state index contributed by atoms with van der Waals surface area (Å²) >= 11 is 7.80. The first-order valence-electron chi connectivity index (χ1n) is 8.98. The predicted octanol–water partition coefficient (Wildman–Crippen LogP) is 5.08. The summed E-state index contributed by atoms with van der Waals surface area (Å²) in [6.45, 7) is 4.39. The smallest absolute Gasteiger partial charge is 0.343 e. The number of esters is 1. The summed E-state index contributed by atoms with van der Waals surface area (Å²) < 4.78 is 6.91. The zero-order valence-corrected chi connectivity index (χ0v) is 17.3. The average molecular weight is 417 g/mol. The van der Waals surface area contributed by atoms with Crippen LogP contribution in [0.3, 0.4) is 0 Å². The molecule has 0 aliphatic rings. The zero-order valence-electron chi connectivity index (χ0n) is 15.8. The van der Waals surface area contributed by atoms with Crippen LogP contribution in [0.25, 0.3) is 0 Å². The van der Waals surface area contributed by atoms with Crippen LogP contribution in [0.5, 0.6) is 0 Å². The van der Waals surface area contributed by atoms with Crippen molar-refractivity contribution < 1.29 is 14.3 Å². The van der Waals surface area contributed by atoms with E-state index in [1.807, 2.05) is 42.6 Å². The topological polar surface area (TPSA) is 61.2 Å². The number of rotatable bonds is 8. The molecule has 0 spiro atoms. The number of carbonyl (C=O) groups is 2. The van der Waals surface area contributed by atoms with Gasteiger partial charge >= 0.3 is 5.97 Å². The molecule has 0 atom stereocenters. The minimum Gasteiger partial charge on any atom is -0.462 e. The Morgan fingerprint density at radius 3 is 2.61 bits per heavy atom. The number of carbonyl (C=O) groups excluding carboxylic acids is 2. The third-order valence-electron chi connectivity index (χ3n) is 4.30. The highest BCUT2D eigenvalue weighted by molar-refractivity contribution is 7.12. The Kier molecular flexibility index (Phi) is 6.65. The lowest BCUT2D eigenvalue weighted by atomic mass is 10.1. The number of benzene rings is 1. The number of ether oxygens (including phenoxy) is 1. The van der Waals surface area contributed by atoms with Crippen LogP contribution in [0.2, 0.25) is 5.15 Å². The van der Waals surface area contributed by atoms with Crippen molar-refractivity contribution in [2.75, 3.05) is 6.61 Å². The molecule has 7 heteroatoms. The normalized spacial score (nSPS) is 10.8. The van der Waals surface area contributed by atoms with Crippen molar-refractivity contribution in [2.24, 2.45) is 0 Å². The number of aryl methyl sites for hydroxylation is 2. The van der Waals surface area contributed by atoms with E-state index in [4.69, 9.17) is 16.3 Å². The highest BCUT2D eigenvalue weighted by Gasteiger charge is 2.22.